The zero-order valence-corrected chi connectivity index (χ0v) is 20.8. The number of allylic oxidation sites excluding steroid dienone is 2. The Hall–Kier alpha value is -2.64. The molecule has 5 nitrogen and oxygen atoms in total. The summed E-state index contributed by atoms with van der Waals surface area (Å²) in [4.78, 5) is 34.4. The highest BCUT2D eigenvalue weighted by atomic mass is 79.9. The fourth-order valence-electron chi connectivity index (χ4n) is 4.71. The number of hydrogen-bond donors (Lipinski definition) is 2. The molecule has 0 saturated carbocycles. The van der Waals surface area contributed by atoms with Gasteiger partial charge in [-0.25, -0.2) is 4.98 Å². The Labute approximate surface area is 205 Å². The summed E-state index contributed by atoms with van der Waals surface area (Å²) in [6.45, 7) is 4.21. The van der Waals surface area contributed by atoms with Crippen molar-refractivity contribution in [2.24, 2.45) is 5.41 Å². The molecule has 1 aliphatic heterocycles. The van der Waals surface area contributed by atoms with Crippen molar-refractivity contribution in [3.8, 4) is 0 Å². The third-order valence-corrected chi connectivity index (χ3v) is 7.54. The van der Waals surface area contributed by atoms with E-state index in [1.165, 1.54) is 11.8 Å². The lowest BCUT2D eigenvalue weighted by molar-refractivity contribution is -0.118. The average Bonchev–Trinajstić information content (AvgIpc) is 2.76. The summed E-state index contributed by atoms with van der Waals surface area (Å²) in [7, 11) is 0. The second-order valence-electron chi connectivity index (χ2n) is 9.35. The van der Waals surface area contributed by atoms with Crippen molar-refractivity contribution in [3.05, 3.63) is 97.4 Å². The predicted octanol–water partition coefficient (Wildman–Crippen LogP) is 6.03. The van der Waals surface area contributed by atoms with E-state index < -0.39 is 5.92 Å². The molecule has 2 N–H and O–H groups in total. The van der Waals surface area contributed by atoms with E-state index in [0.29, 0.717) is 34.3 Å². The number of fused-ring (bicyclic) bond motifs is 1. The first kappa shape index (κ1) is 22.2. The van der Waals surface area contributed by atoms with Crippen molar-refractivity contribution in [1.29, 1.82) is 0 Å². The van der Waals surface area contributed by atoms with Gasteiger partial charge in [0.05, 0.1) is 5.56 Å². The monoisotopic (exact) mass is 521 g/mol. The maximum Gasteiger partial charge on any atom is 0.257 e. The smallest absolute Gasteiger partial charge is 0.257 e. The van der Waals surface area contributed by atoms with E-state index in [1.807, 2.05) is 42.5 Å². The molecule has 2 heterocycles. The first-order valence-electron chi connectivity index (χ1n) is 10.9. The van der Waals surface area contributed by atoms with Gasteiger partial charge in [-0.15, -0.1) is 0 Å². The van der Waals surface area contributed by atoms with Gasteiger partial charge >= 0.3 is 0 Å². The van der Waals surface area contributed by atoms with Crippen molar-refractivity contribution in [2.45, 2.75) is 43.5 Å². The predicted molar refractivity (Wildman–Crippen MR) is 136 cm³/mol. The Morgan fingerprint density at radius 2 is 1.88 bits per heavy atom. The SMILES string of the molecule is CC1(C)CC(=O)C2=C(C1)Nc1nc(SCc3ccccc3)[nH]c(=O)c1[C@@H]2c1cccc(Br)c1. The topological polar surface area (TPSA) is 74.8 Å². The Morgan fingerprint density at radius 1 is 1.09 bits per heavy atom. The molecule has 1 atom stereocenters. The number of nitrogens with one attached hydrogen (secondary N) is 2. The molecule has 1 aromatic heterocycles. The lowest BCUT2D eigenvalue weighted by Crippen LogP contribution is -2.37. The molecular formula is C26H24BrN3O2S. The minimum Gasteiger partial charge on any atom is -0.343 e. The maximum absolute atomic E-state index is 13.4. The molecule has 0 spiro atoms. The molecule has 0 amide bonds. The third kappa shape index (κ3) is 4.44. The van der Waals surface area contributed by atoms with Gasteiger partial charge in [0.15, 0.2) is 10.9 Å². The normalized spacial score (nSPS) is 19.0. The first-order chi connectivity index (χ1) is 15.8. The van der Waals surface area contributed by atoms with Crippen LogP contribution in [0, 0.1) is 5.41 Å². The summed E-state index contributed by atoms with van der Waals surface area (Å²) >= 11 is 5.03. The summed E-state index contributed by atoms with van der Waals surface area (Å²) in [6, 6.07) is 17.9. The molecule has 3 aromatic rings. The number of aromatic nitrogens is 2. The van der Waals surface area contributed by atoms with Crippen molar-refractivity contribution >= 4 is 39.3 Å². The number of aromatic amines is 1. The molecule has 2 aromatic carbocycles. The van der Waals surface area contributed by atoms with E-state index in [1.54, 1.807) is 0 Å². The molecule has 0 unspecified atom stereocenters. The molecule has 168 valence electrons. The van der Waals surface area contributed by atoms with Gasteiger partial charge in [0.2, 0.25) is 0 Å². The van der Waals surface area contributed by atoms with Crippen LogP contribution in [0.5, 0.6) is 0 Å². The molecule has 7 heteroatoms. The molecule has 1 aliphatic carbocycles. The average molecular weight is 522 g/mol. The lowest BCUT2D eigenvalue weighted by Gasteiger charge is -2.38. The molecule has 0 radical (unpaired) electrons. The van der Waals surface area contributed by atoms with Gasteiger partial charge in [0, 0.05) is 33.8 Å². The van der Waals surface area contributed by atoms with Gasteiger partial charge in [0.25, 0.3) is 5.56 Å². The van der Waals surface area contributed by atoms with E-state index >= 15 is 0 Å². The van der Waals surface area contributed by atoms with Crippen LogP contribution in [0.2, 0.25) is 0 Å². The highest BCUT2D eigenvalue weighted by Gasteiger charge is 2.42. The number of thioether (sulfide) groups is 1. The molecule has 0 saturated heterocycles. The van der Waals surface area contributed by atoms with Crippen LogP contribution in [0.1, 0.15) is 49.3 Å². The van der Waals surface area contributed by atoms with Gasteiger partial charge in [0.1, 0.15) is 5.82 Å². The van der Waals surface area contributed by atoms with Crippen LogP contribution in [0.15, 0.2) is 80.3 Å². The Bertz CT molecular complexity index is 1330. The Kier molecular flexibility index (Phi) is 5.79. The number of carbonyl (C=O) groups excluding carboxylic acids is 1. The van der Waals surface area contributed by atoms with Crippen LogP contribution < -0.4 is 10.9 Å². The lowest BCUT2D eigenvalue weighted by atomic mass is 9.69. The standard InChI is InChI=1S/C26H24BrN3O2S/c1-26(2)12-18-21(19(31)13-26)20(16-9-6-10-17(27)11-16)22-23(28-18)29-25(30-24(22)32)33-14-15-7-4-3-5-8-15/h3-11,20H,12-14H2,1-2H3,(H2,28,29,30,32)/t20-/m1/s1. The summed E-state index contributed by atoms with van der Waals surface area (Å²) in [5.74, 6) is 0.897. The van der Waals surface area contributed by atoms with E-state index in [-0.39, 0.29) is 16.8 Å². The van der Waals surface area contributed by atoms with Gasteiger partial charge in [-0.1, -0.05) is 84.0 Å². The number of halogens is 1. The van der Waals surface area contributed by atoms with E-state index in [0.717, 1.165) is 27.7 Å². The van der Waals surface area contributed by atoms with Gasteiger partial charge < -0.3 is 10.3 Å². The zero-order valence-electron chi connectivity index (χ0n) is 18.4. The van der Waals surface area contributed by atoms with Gasteiger partial charge in [-0.3, -0.25) is 9.59 Å². The fraction of sp³-hybridized carbons (Fsp3) is 0.269. The van der Waals surface area contributed by atoms with E-state index in [2.05, 4.69) is 52.2 Å². The summed E-state index contributed by atoms with van der Waals surface area (Å²) in [5.41, 5.74) is 3.79. The van der Waals surface area contributed by atoms with Crippen molar-refractivity contribution < 1.29 is 4.79 Å². The van der Waals surface area contributed by atoms with E-state index in [4.69, 9.17) is 4.98 Å². The van der Waals surface area contributed by atoms with Crippen LogP contribution in [-0.2, 0) is 10.5 Å². The quantitative estimate of drug-likeness (QED) is 0.324. The number of hydrogen-bond acceptors (Lipinski definition) is 5. The maximum atomic E-state index is 13.4. The number of anilines is 1. The summed E-state index contributed by atoms with van der Waals surface area (Å²) in [6.07, 6.45) is 1.20. The van der Waals surface area contributed by atoms with Crippen LogP contribution in [0.3, 0.4) is 0 Å². The third-order valence-electron chi connectivity index (χ3n) is 6.10. The zero-order chi connectivity index (χ0) is 23.2. The summed E-state index contributed by atoms with van der Waals surface area (Å²) < 4.78 is 0.908. The van der Waals surface area contributed by atoms with E-state index in [9.17, 15) is 9.59 Å². The van der Waals surface area contributed by atoms with Crippen LogP contribution in [0.25, 0.3) is 0 Å². The molecular weight excluding hydrogens is 498 g/mol. The molecule has 5 rings (SSSR count). The number of ketones is 1. The highest BCUT2D eigenvalue weighted by Crippen LogP contribution is 2.47. The molecule has 33 heavy (non-hydrogen) atoms. The van der Waals surface area contributed by atoms with Crippen LogP contribution in [-0.4, -0.2) is 15.8 Å². The minimum absolute atomic E-state index is 0.0892. The van der Waals surface area contributed by atoms with Crippen LogP contribution >= 0.6 is 27.7 Å². The van der Waals surface area contributed by atoms with Gasteiger partial charge in [-0.05, 0) is 35.1 Å². The van der Waals surface area contributed by atoms with Gasteiger partial charge in [-0.2, -0.15) is 0 Å². The number of H-pyrrole nitrogens is 1. The number of carbonyl (C=O) groups is 1. The van der Waals surface area contributed by atoms with Crippen molar-refractivity contribution in [3.63, 3.8) is 0 Å². The second-order valence-corrected chi connectivity index (χ2v) is 11.2. The number of nitrogens with zero attached hydrogens (tertiary/aromatic N) is 1. The molecule has 2 aliphatic rings. The molecule has 0 bridgehead atoms. The Balaban J connectivity index is 1.60. The fourth-order valence-corrected chi connectivity index (χ4v) is 5.94. The number of rotatable bonds is 4. The highest BCUT2D eigenvalue weighted by molar-refractivity contribution is 9.10. The van der Waals surface area contributed by atoms with Crippen molar-refractivity contribution in [2.75, 3.05) is 5.32 Å². The Morgan fingerprint density at radius 3 is 2.64 bits per heavy atom. The van der Waals surface area contributed by atoms with Crippen molar-refractivity contribution in [1.82, 2.24) is 9.97 Å². The second kappa shape index (κ2) is 8.61. The number of Topliss-reactive ketones (excluding diaryl/α,β-unsaturated/α-hetero) is 1. The minimum atomic E-state index is -0.443. The largest absolute Gasteiger partial charge is 0.343 e. The van der Waals surface area contributed by atoms with Crippen LogP contribution in [0.4, 0.5) is 5.82 Å². The molecule has 0 fully saturated rings. The number of benzene rings is 2. The first-order valence-corrected chi connectivity index (χ1v) is 12.7. The summed E-state index contributed by atoms with van der Waals surface area (Å²) in [5, 5.41) is 3.94.